The fraction of sp³-hybridized carbons (Fsp3) is 0.550. The van der Waals surface area contributed by atoms with Gasteiger partial charge in [0, 0.05) is 11.1 Å². The van der Waals surface area contributed by atoms with Crippen molar-refractivity contribution in [3.05, 3.63) is 23.1 Å². The van der Waals surface area contributed by atoms with E-state index in [1.54, 1.807) is 17.7 Å². The summed E-state index contributed by atoms with van der Waals surface area (Å²) in [4.78, 5) is 16.8. The summed E-state index contributed by atoms with van der Waals surface area (Å²) in [5, 5.41) is 4.79. The zero-order valence-electron chi connectivity index (χ0n) is 16.1. The van der Waals surface area contributed by atoms with Crippen LogP contribution in [0.3, 0.4) is 0 Å². The van der Waals surface area contributed by atoms with Crippen molar-refractivity contribution < 1.29 is 4.90 Å². The lowest BCUT2D eigenvalue weighted by Gasteiger charge is -2.11. The lowest BCUT2D eigenvalue weighted by atomic mass is 9.99. The van der Waals surface area contributed by atoms with E-state index in [-0.39, 0.29) is 0 Å². The van der Waals surface area contributed by atoms with Gasteiger partial charge in [-0.05, 0) is 42.7 Å². The topological polar surface area (TPSA) is 55.1 Å². The smallest absolute Gasteiger partial charge is 0.147 e. The fourth-order valence-electron chi connectivity index (χ4n) is 3.89. The zero-order chi connectivity index (χ0) is 18.3. The Labute approximate surface area is 158 Å². The number of thiophene rings is 1. The molecule has 0 fully saturated rings. The van der Waals surface area contributed by atoms with Crippen LogP contribution >= 0.6 is 11.3 Å². The monoisotopic (exact) mass is 370 g/mol. The minimum atomic E-state index is 0.629. The lowest BCUT2D eigenvalue weighted by molar-refractivity contribution is -0.856. The van der Waals surface area contributed by atoms with Crippen molar-refractivity contribution in [3.8, 4) is 0 Å². The van der Waals surface area contributed by atoms with Gasteiger partial charge in [-0.15, -0.1) is 11.3 Å². The van der Waals surface area contributed by atoms with E-state index in [1.165, 1.54) is 39.9 Å². The van der Waals surface area contributed by atoms with E-state index in [9.17, 15) is 0 Å². The van der Waals surface area contributed by atoms with Gasteiger partial charge in [-0.3, -0.25) is 0 Å². The number of hydrogen-bond donors (Lipinski definition) is 2. The molecule has 6 heteroatoms. The van der Waals surface area contributed by atoms with E-state index in [4.69, 9.17) is 4.98 Å². The van der Waals surface area contributed by atoms with Crippen molar-refractivity contribution in [2.45, 2.75) is 39.5 Å². The molecule has 1 aliphatic carbocycles. The Hall–Kier alpha value is -1.79. The van der Waals surface area contributed by atoms with Gasteiger partial charge in [0.2, 0.25) is 0 Å². The van der Waals surface area contributed by atoms with E-state index in [1.807, 2.05) is 0 Å². The maximum atomic E-state index is 5.09. The normalized spacial score (nSPS) is 14.1. The van der Waals surface area contributed by atoms with Gasteiger partial charge in [0.1, 0.15) is 17.0 Å². The molecule has 0 aliphatic heterocycles. The number of aromatic nitrogens is 3. The molecule has 0 atom stereocenters. The highest BCUT2D eigenvalue weighted by atomic mass is 32.1. The van der Waals surface area contributed by atoms with Crippen LogP contribution < -0.4 is 10.2 Å². The number of pyridine rings is 1. The molecule has 3 aromatic heterocycles. The van der Waals surface area contributed by atoms with Crippen LogP contribution in [-0.4, -0.2) is 42.1 Å². The first-order valence-corrected chi connectivity index (χ1v) is 10.5. The van der Waals surface area contributed by atoms with Crippen molar-refractivity contribution >= 4 is 37.6 Å². The molecule has 4 rings (SSSR count). The van der Waals surface area contributed by atoms with Gasteiger partial charge in [-0.2, -0.15) is 0 Å². The number of nitrogens with one attached hydrogen (secondary N) is 2. The Morgan fingerprint density at radius 2 is 2.00 bits per heavy atom. The third-order valence-electron chi connectivity index (χ3n) is 5.08. The Kier molecular flexibility index (Phi) is 4.80. The number of fused-ring (bicyclic) bond motifs is 5. The second kappa shape index (κ2) is 7.08. The van der Waals surface area contributed by atoms with E-state index in [2.05, 4.69) is 43.2 Å². The number of aryl methyl sites for hydroxylation is 1. The molecule has 0 saturated carbocycles. The van der Waals surface area contributed by atoms with Crippen LogP contribution in [0.5, 0.6) is 0 Å². The first kappa shape index (κ1) is 17.6. The minimum Gasteiger partial charge on any atom is -0.363 e. The van der Waals surface area contributed by atoms with Gasteiger partial charge >= 0.3 is 0 Å². The van der Waals surface area contributed by atoms with Crippen molar-refractivity contribution in [2.24, 2.45) is 5.92 Å². The molecule has 3 aromatic rings. The summed E-state index contributed by atoms with van der Waals surface area (Å²) in [5.41, 5.74) is 5.39. The molecular weight excluding hydrogens is 342 g/mol. The molecular formula is C20H28N5S+. The number of anilines is 1. The fourth-order valence-corrected chi connectivity index (χ4v) is 5.03. The van der Waals surface area contributed by atoms with Crippen molar-refractivity contribution in [2.75, 3.05) is 32.5 Å². The van der Waals surface area contributed by atoms with Crippen LogP contribution in [0.15, 0.2) is 6.33 Å². The second-order valence-corrected chi connectivity index (χ2v) is 9.03. The molecule has 0 amide bonds. The van der Waals surface area contributed by atoms with Gasteiger partial charge < -0.3 is 10.2 Å². The average Bonchev–Trinajstić information content (AvgIpc) is 3.18. The maximum absolute atomic E-state index is 5.09. The second-order valence-electron chi connectivity index (χ2n) is 8.03. The molecule has 0 bridgehead atoms. The van der Waals surface area contributed by atoms with Crippen molar-refractivity contribution in [1.29, 1.82) is 0 Å². The average molecular weight is 371 g/mol. The summed E-state index contributed by atoms with van der Waals surface area (Å²) in [6.07, 6.45) is 6.32. The SMILES string of the molecule is CC(C)Cc1nc2sc3c(NCC[NH+](C)C)ncnc3c2c2c1CCC2. The minimum absolute atomic E-state index is 0.629. The van der Waals surface area contributed by atoms with Crippen LogP contribution in [0.4, 0.5) is 5.82 Å². The highest BCUT2D eigenvalue weighted by Crippen LogP contribution is 2.41. The number of nitrogens with zero attached hydrogens (tertiary/aromatic N) is 3. The molecule has 0 saturated heterocycles. The van der Waals surface area contributed by atoms with Crippen LogP contribution in [0.2, 0.25) is 0 Å². The summed E-state index contributed by atoms with van der Waals surface area (Å²) in [7, 11) is 4.33. The van der Waals surface area contributed by atoms with E-state index < -0.39 is 0 Å². The van der Waals surface area contributed by atoms with Gasteiger partial charge in [-0.25, -0.2) is 15.0 Å². The van der Waals surface area contributed by atoms with E-state index in [0.717, 1.165) is 46.8 Å². The summed E-state index contributed by atoms with van der Waals surface area (Å²) in [6, 6.07) is 0. The largest absolute Gasteiger partial charge is 0.363 e. The summed E-state index contributed by atoms with van der Waals surface area (Å²) < 4.78 is 1.15. The highest BCUT2D eigenvalue weighted by Gasteiger charge is 2.24. The number of rotatable bonds is 6. The predicted molar refractivity (Wildman–Crippen MR) is 109 cm³/mol. The zero-order valence-corrected chi connectivity index (χ0v) is 17.0. The Morgan fingerprint density at radius 1 is 1.19 bits per heavy atom. The van der Waals surface area contributed by atoms with Crippen LogP contribution in [0.25, 0.3) is 20.4 Å². The Bertz CT molecular complexity index is 944. The van der Waals surface area contributed by atoms with Crippen LogP contribution in [-0.2, 0) is 19.3 Å². The number of likely N-dealkylation sites (N-methyl/N-ethyl adjacent to an activating group) is 1. The third kappa shape index (κ3) is 3.16. The molecule has 5 nitrogen and oxygen atoms in total. The molecule has 3 heterocycles. The maximum Gasteiger partial charge on any atom is 0.147 e. The molecule has 26 heavy (non-hydrogen) atoms. The summed E-state index contributed by atoms with van der Waals surface area (Å²) >= 11 is 1.75. The summed E-state index contributed by atoms with van der Waals surface area (Å²) in [6.45, 7) is 6.52. The first-order chi connectivity index (χ1) is 12.5. The molecule has 0 radical (unpaired) electrons. The molecule has 2 N–H and O–H groups in total. The van der Waals surface area contributed by atoms with Crippen LogP contribution in [0, 0.1) is 5.92 Å². The quantitative estimate of drug-likeness (QED) is 0.700. The van der Waals surface area contributed by atoms with E-state index >= 15 is 0 Å². The molecule has 0 aromatic carbocycles. The van der Waals surface area contributed by atoms with Gasteiger partial charge in [-0.1, -0.05) is 13.8 Å². The molecule has 0 spiro atoms. The molecule has 1 aliphatic rings. The van der Waals surface area contributed by atoms with Crippen molar-refractivity contribution in [1.82, 2.24) is 15.0 Å². The number of hydrogen-bond acceptors (Lipinski definition) is 5. The Balaban J connectivity index is 1.83. The van der Waals surface area contributed by atoms with Gasteiger partial charge in [0.25, 0.3) is 0 Å². The number of quaternary nitrogens is 1. The Morgan fingerprint density at radius 3 is 2.77 bits per heavy atom. The van der Waals surface area contributed by atoms with Gasteiger partial charge in [0.15, 0.2) is 0 Å². The third-order valence-corrected chi connectivity index (χ3v) is 6.16. The van der Waals surface area contributed by atoms with Crippen LogP contribution in [0.1, 0.15) is 37.1 Å². The predicted octanol–water partition coefficient (Wildman–Crippen LogP) is 2.48. The highest BCUT2D eigenvalue weighted by molar-refractivity contribution is 7.26. The standard InChI is InChI=1S/C20H27N5S/c1-12(2)10-15-13-6-5-7-14(13)16-17-18(26-20(16)24-15)19(23-11-22-17)21-8-9-25(3)4/h11-12H,5-10H2,1-4H3,(H,21,22,23)/p+1. The lowest BCUT2D eigenvalue weighted by Crippen LogP contribution is -3.06. The van der Waals surface area contributed by atoms with E-state index in [0.29, 0.717) is 5.92 Å². The first-order valence-electron chi connectivity index (χ1n) is 9.65. The molecule has 0 unspecified atom stereocenters. The molecule has 138 valence electrons. The van der Waals surface area contributed by atoms with Gasteiger partial charge in [0.05, 0.1) is 37.4 Å². The summed E-state index contributed by atoms with van der Waals surface area (Å²) in [5.74, 6) is 1.58. The van der Waals surface area contributed by atoms with Crippen molar-refractivity contribution in [3.63, 3.8) is 0 Å².